The Morgan fingerprint density at radius 2 is 2.00 bits per heavy atom. The molecule has 0 aromatic carbocycles. The molecule has 3 nitrogen and oxygen atoms in total. The van der Waals surface area contributed by atoms with Gasteiger partial charge in [0, 0.05) is 31.8 Å². The maximum Gasteiger partial charge on any atom is 0.101 e. The highest BCUT2D eigenvalue weighted by Gasteiger charge is 2.38. The van der Waals surface area contributed by atoms with Crippen LogP contribution in [0.3, 0.4) is 0 Å². The van der Waals surface area contributed by atoms with Gasteiger partial charge in [-0.3, -0.25) is 4.99 Å². The first-order valence-electron chi connectivity index (χ1n) is 10.4. The molecule has 1 saturated carbocycles. The van der Waals surface area contributed by atoms with Crippen LogP contribution >= 0.6 is 0 Å². The highest BCUT2D eigenvalue weighted by atomic mass is 16.5. The molecule has 2 fully saturated rings. The van der Waals surface area contributed by atoms with Crippen LogP contribution in [0.1, 0.15) is 65.2 Å². The maximum atomic E-state index is 6.62. The van der Waals surface area contributed by atoms with E-state index in [1.165, 1.54) is 43.4 Å². The molecule has 0 N–H and O–H groups in total. The number of dihydropyridines is 1. The first-order chi connectivity index (χ1) is 12.2. The molecule has 1 saturated heterocycles. The van der Waals surface area contributed by atoms with Gasteiger partial charge in [0.15, 0.2) is 0 Å². The second-order valence-corrected chi connectivity index (χ2v) is 8.46. The van der Waals surface area contributed by atoms with E-state index in [1.54, 1.807) is 5.57 Å². The Labute approximate surface area is 152 Å². The Morgan fingerprint density at radius 1 is 1.16 bits per heavy atom. The van der Waals surface area contributed by atoms with Crippen LogP contribution < -0.4 is 0 Å². The molecule has 0 bridgehead atoms. The molecule has 138 valence electrons. The largest absolute Gasteiger partial charge is 0.494 e. The van der Waals surface area contributed by atoms with Crippen molar-refractivity contribution in [2.75, 3.05) is 13.2 Å². The zero-order valence-corrected chi connectivity index (χ0v) is 15.9. The number of fused-ring (bicyclic) bond motifs is 1. The molecule has 25 heavy (non-hydrogen) atoms. The Hall–Kier alpha value is -1.09. The molecule has 0 radical (unpaired) electrons. The van der Waals surface area contributed by atoms with Crippen molar-refractivity contribution in [3.05, 3.63) is 23.0 Å². The number of rotatable bonds is 5. The molecule has 4 unspecified atom stereocenters. The van der Waals surface area contributed by atoms with Gasteiger partial charge in [-0.2, -0.15) is 0 Å². The van der Waals surface area contributed by atoms with Gasteiger partial charge in [0.2, 0.25) is 0 Å². The van der Waals surface area contributed by atoms with Crippen molar-refractivity contribution < 1.29 is 9.47 Å². The van der Waals surface area contributed by atoms with E-state index >= 15 is 0 Å². The van der Waals surface area contributed by atoms with E-state index in [2.05, 4.69) is 19.9 Å². The van der Waals surface area contributed by atoms with Crippen LogP contribution in [0, 0.1) is 17.8 Å². The fraction of sp³-hybridized carbons (Fsp3) is 0.773. The second kappa shape index (κ2) is 7.65. The number of ether oxygens (including phenoxy) is 2. The summed E-state index contributed by atoms with van der Waals surface area (Å²) in [4.78, 5) is 4.76. The van der Waals surface area contributed by atoms with E-state index in [0.29, 0.717) is 18.1 Å². The highest BCUT2D eigenvalue weighted by Crippen LogP contribution is 2.43. The van der Waals surface area contributed by atoms with Gasteiger partial charge in [0.25, 0.3) is 0 Å². The second-order valence-electron chi connectivity index (χ2n) is 8.46. The summed E-state index contributed by atoms with van der Waals surface area (Å²) < 4.78 is 12.1. The van der Waals surface area contributed by atoms with Crippen LogP contribution in [-0.4, -0.2) is 31.6 Å². The van der Waals surface area contributed by atoms with Gasteiger partial charge in [-0.05, 0) is 75.4 Å². The quantitative estimate of drug-likeness (QED) is 0.697. The average molecular weight is 344 g/mol. The SMILES string of the molecule is CCC1=C(OC2CCC2CC2CCOCC2)CC2N=CC=C(C)C2C1. The number of nitrogens with zero attached hydrogens (tertiary/aromatic N) is 1. The van der Waals surface area contributed by atoms with E-state index in [0.717, 1.165) is 44.3 Å². The summed E-state index contributed by atoms with van der Waals surface area (Å²) in [7, 11) is 0. The average Bonchev–Trinajstić information content (AvgIpc) is 2.64. The Morgan fingerprint density at radius 3 is 2.72 bits per heavy atom. The van der Waals surface area contributed by atoms with Gasteiger partial charge < -0.3 is 9.47 Å². The fourth-order valence-electron chi connectivity index (χ4n) is 5.04. The molecule has 4 atom stereocenters. The predicted molar refractivity (Wildman–Crippen MR) is 102 cm³/mol. The zero-order valence-electron chi connectivity index (χ0n) is 15.9. The van der Waals surface area contributed by atoms with Crippen molar-refractivity contribution in [2.45, 2.75) is 77.4 Å². The minimum Gasteiger partial charge on any atom is -0.494 e. The van der Waals surface area contributed by atoms with Crippen LogP contribution in [0.4, 0.5) is 0 Å². The van der Waals surface area contributed by atoms with Gasteiger partial charge in [-0.1, -0.05) is 12.5 Å². The van der Waals surface area contributed by atoms with Crippen LogP contribution in [0.2, 0.25) is 0 Å². The molecule has 2 heterocycles. The molecular formula is C22H33NO2. The predicted octanol–water partition coefficient (Wildman–Crippen LogP) is 5.07. The summed E-state index contributed by atoms with van der Waals surface area (Å²) in [5.74, 6) is 3.52. The van der Waals surface area contributed by atoms with Crippen molar-refractivity contribution in [3.63, 3.8) is 0 Å². The van der Waals surface area contributed by atoms with Crippen LogP contribution in [-0.2, 0) is 9.47 Å². The summed E-state index contributed by atoms with van der Waals surface area (Å²) >= 11 is 0. The van der Waals surface area contributed by atoms with E-state index in [4.69, 9.17) is 14.5 Å². The monoisotopic (exact) mass is 343 g/mol. The van der Waals surface area contributed by atoms with Crippen molar-refractivity contribution in [1.29, 1.82) is 0 Å². The van der Waals surface area contributed by atoms with E-state index in [1.807, 2.05) is 6.21 Å². The summed E-state index contributed by atoms with van der Waals surface area (Å²) in [6.07, 6.45) is 14.4. The Kier molecular flexibility index (Phi) is 5.30. The lowest BCUT2D eigenvalue weighted by Crippen LogP contribution is -2.38. The molecule has 2 aliphatic heterocycles. The first-order valence-corrected chi connectivity index (χ1v) is 10.4. The summed E-state index contributed by atoms with van der Waals surface area (Å²) in [5, 5.41) is 0. The van der Waals surface area contributed by atoms with E-state index in [9.17, 15) is 0 Å². The number of hydrogen-bond acceptors (Lipinski definition) is 3. The molecular weight excluding hydrogens is 310 g/mol. The first kappa shape index (κ1) is 17.3. The van der Waals surface area contributed by atoms with Crippen molar-refractivity contribution >= 4 is 6.21 Å². The van der Waals surface area contributed by atoms with Gasteiger partial charge in [0.1, 0.15) is 6.10 Å². The van der Waals surface area contributed by atoms with Crippen LogP contribution in [0.15, 0.2) is 28.0 Å². The summed E-state index contributed by atoms with van der Waals surface area (Å²) in [6.45, 7) is 6.46. The summed E-state index contributed by atoms with van der Waals surface area (Å²) in [5.41, 5.74) is 3.04. The van der Waals surface area contributed by atoms with Gasteiger partial charge in [-0.15, -0.1) is 0 Å². The fourth-order valence-corrected chi connectivity index (χ4v) is 5.04. The third-order valence-corrected chi connectivity index (χ3v) is 6.96. The van der Waals surface area contributed by atoms with Crippen LogP contribution in [0.25, 0.3) is 0 Å². The van der Waals surface area contributed by atoms with Crippen molar-refractivity contribution in [2.24, 2.45) is 22.7 Å². The molecule has 0 amide bonds. The third-order valence-electron chi connectivity index (χ3n) is 6.96. The lowest BCUT2D eigenvalue weighted by Gasteiger charge is -2.42. The van der Waals surface area contributed by atoms with Gasteiger partial charge in [0.05, 0.1) is 11.8 Å². The number of hydrogen-bond donors (Lipinski definition) is 0. The van der Waals surface area contributed by atoms with E-state index < -0.39 is 0 Å². The molecule has 3 heteroatoms. The Bertz CT molecular complexity index is 571. The molecule has 0 aromatic rings. The minimum absolute atomic E-state index is 0.407. The van der Waals surface area contributed by atoms with Crippen LogP contribution in [0.5, 0.6) is 0 Å². The summed E-state index contributed by atoms with van der Waals surface area (Å²) in [6, 6.07) is 0.407. The molecule has 4 aliphatic rings. The zero-order chi connectivity index (χ0) is 17.2. The normalized spacial score (nSPS) is 35.8. The minimum atomic E-state index is 0.407. The Balaban J connectivity index is 1.39. The lowest BCUT2D eigenvalue weighted by molar-refractivity contribution is -0.0348. The number of allylic oxidation sites excluding steroid dienone is 2. The van der Waals surface area contributed by atoms with Crippen molar-refractivity contribution in [3.8, 4) is 0 Å². The third kappa shape index (κ3) is 3.72. The molecule has 4 rings (SSSR count). The van der Waals surface area contributed by atoms with Gasteiger partial charge in [-0.25, -0.2) is 0 Å². The highest BCUT2D eigenvalue weighted by molar-refractivity contribution is 5.74. The maximum absolute atomic E-state index is 6.62. The van der Waals surface area contributed by atoms with E-state index in [-0.39, 0.29) is 0 Å². The standard InChI is InChI=1S/C22H33NO2/c1-3-17-13-19-15(2)6-9-23-20(19)14-22(17)25-21-5-4-18(21)12-16-7-10-24-11-8-16/h6,9,16,18-21H,3-5,7-8,10-14H2,1-2H3. The molecule has 0 aromatic heterocycles. The lowest BCUT2D eigenvalue weighted by atomic mass is 9.74. The van der Waals surface area contributed by atoms with Gasteiger partial charge >= 0.3 is 0 Å². The smallest absolute Gasteiger partial charge is 0.101 e. The topological polar surface area (TPSA) is 30.8 Å². The molecule has 0 spiro atoms. The van der Waals surface area contributed by atoms with Crippen molar-refractivity contribution in [1.82, 2.24) is 0 Å². The molecule has 2 aliphatic carbocycles. The number of aliphatic imine (C=N–C) groups is 1.